The van der Waals surface area contributed by atoms with Crippen molar-refractivity contribution in [3.05, 3.63) is 40.6 Å². The molecule has 1 atom stereocenters. The molecule has 0 spiro atoms. The maximum atomic E-state index is 13.1. The Kier molecular flexibility index (Phi) is 6.63. The molecule has 0 saturated heterocycles. The summed E-state index contributed by atoms with van der Waals surface area (Å²) >= 11 is 5.45. The first kappa shape index (κ1) is 22.7. The van der Waals surface area contributed by atoms with Gasteiger partial charge in [0.25, 0.3) is 0 Å². The summed E-state index contributed by atoms with van der Waals surface area (Å²) in [5, 5.41) is 38.9. The molecular formula is C18H17ClNO10P. The summed E-state index contributed by atoms with van der Waals surface area (Å²) in [4.78, 5) is 13.1. The fourth-order valence-corrected chi connectivity index (χ4v) is 4.03. The van der Waals surface area contributed by atoms with Crippen molar-refractivity contribution in [1.82, 2.24) is 0 Å². The summed E-state index contributed by atoms with van der Waals surface area (Å²) in [6.45, 7) is -0.484. The number of hydrogen-bond acceptors (Lipinski definition) is 11. The van der Waals surface area contributed by atoms with Crippen LogP contribution in [0, 0.1) is 0 Å². The predicted molar refractivity (Wildman–Crippen MR) is 110 cm³/mol. The monoisotopic (exact) mass is 473 g/mol. The van der Waals surface area contributed by atoms with Crippen LogP contribution < -0.4 is 15.9 Å². The molecule has 0 aliphatic carbocycles. The highest BCUT2D eigenvalue weighted by Gasteiger charge is 2.29. The highest BCUT2D eigenvalue weighted by Crippen LogP contribution is 2.48. The molecule has 166 valence electrons. The minimum absolute atomic E-state index is 0.0833. The van der Waals surface area contributed by atoms with E-state index in [9.17, 15) is 29.8 Å². The molecule has 0 saturated carbocycles. The number of phenols is 4. The Bertz CT molecular complexity index is 1220. The number of phenolic OH excluding ortho intramolecular Hbond substituents is 4. The number of hydrogen-bond donors (Lipinski definition) is 5. The highest BCUT2D eigenvalue weighted by molar-refractivity contribution is 7.53. The summed E-state index contributed by atoms with van der Waals surface area (Å²) in [5.41, 5.74) is 4.24. The van der Waals surface area contributed by atoms with Gasteiger partial charge in [-0.3, -0.25) is 18.4 Å². The van der Waals surface area contributed by atoms with Gasteiger partial charge in [-0.05, 0) is 18.2 Å². The zero-order valence-corrected chi connectivity index (χ0v) is 17.3. The van der Waals surface area contributed by atoms with Gasteiger partial charge in [0.15, 0.2) is 23.6 Å². The first-order chi connectivity index (χ1) is 14.7. The maximum absolute atomic E-state index is 13.1. The number of benzene rings is 2. The lowest BCUT2D eigenvalue weighted by Gasteiger charge is -2.18. The summed E-state index contributed by atoms with van der Waals surface area (Å²) in [5.74, 6) is -2.70. The van der Waals surface area contributed by atoms with Gasteiger partial charge < -0.3 is 35.3 Å². The molecule has 3 rings (SSSR count). The van der Waals surface area contributed by atoms with Gasteiger partial charge in [-0.1, -0.05) is 11.6 Å². The van der Waals surface area contributed by atoms with Crippen molar-refractivity contribution in [3.63, 3.8) is 0 Å². The number of ether oxygens (including phenoxy) is 1. The molecule has 0 aliphatic heterocycles. The van der Waals surface area contributed by atoms with E-state index in [0.29, 0.717) is 0 Å². The minimum atomic E-state index is -3.97. The van der Waals surface area contributed by atoms with Gasteiger partial charge in [0.2, 0.25) is 11.2 Å². The number of nitrogens with two attached hydrogens (primary N) is 1. The molecule has 31 heavy (non-hydrogen) atoms. The van der Waals surface area contributed by atoms with Crippen LogP contribution in [0.5, 0.6) is 28.7 Å². The van der Waals surface area contributed by atoms with E-state index in [4.69, 9.17) is 35.5 Å². The summed E-state index contributed by atoms with van der Waals surface area (Å²) in [6.07, 6.45) is -0.789. The van der Waals surface area contributed by atoms with Gasteiger partial charge >= 0.3 is 7.60 Å². The Morgan fingerprint density at radius 2 is 1.77 bits per heavy atom. The number of alkyl halides is 1. The number of fused-ring (bicyclic) bond motifs is 1. The van der Waals surface area contributed by atoms with Gasteiger partial charge in [-0.2, -0.15) is 0 Å². The first-order valence-corrected chi connectivity index (χ1v) is 10.8. The molecule has 0 radical (unpaired) electrons. The number of halogens is 1. The second kappa shape index (κ2) is 9.04. The van der Waals surface area contributed by atoms with Gasteiger partial charge in [-0.15, -0.1) is 0 Å². The predicted octanol–water partition coefficient (Wildman–Crippen LogP) is 2.96. The third kappa shape index (κ3) is 4.71. The number of rotatable bonds is 8. The average molecular weight is 474 g/mol. The molecule has 0 bridgehead atoms. The van der Waals surface area contributed by atoms with Crippen LogP contribution in [0.4, 0.5) is 0 Å². The van der Waals surface area contributed by atoms with Crippen molar-refractivity contribution < 1.29 is 43.2 Å². The Morgan fingerprint density at radius 3 is 2.42 bits per heavy atom. The van der Waals surface area contributed by atoms with E-state index in [1.165, 1.54) is 6.07 Å². The van der Waals surface area contributed by atoms with Crippen LogP contribution >= 0.6 is 19.2 Å². The first-order valence-electron chi connectivity index (χ1n) is 8.51. The molecule has 2 aromatic carbocycles. The molecule has 0 aliphatic rings. The van der Waals surface area contributed by atoms with Crippen molar-refractivity contribution in [2.45, 2.75) is 0 Å². The highest BCUT2D eigenvalue weighted by atomic mass is 35.5. The van der Waals surface area contributed by atoms with Gasteiger partial charge in [0, 0.05) is 17.7 Å². The average Bonchev–Trinajstić information content (AvgIpc) is 2.69. The Hall–Kier alpha value is -2.95. The van der Waals surface area contributed by atoms with E-state index in [0.717, 1.165) is 24.3 Å². The van der Waals surface area contributed by atoms with Crippen LogP contribution in [0.25, 0.3) is 22.3 Å². The third-order valence-corrected chi connectivity index (χ3v) is 5.81. The van der Waals surface area contributed by atoms with Gasteiger partial charge in [-0.25, -0.2) is 0 Å². The van der Waals surface area contributed by atoms with Crippen molar-refractivity contribution in [1.29, 1.82) is 0 Å². The van der Waals surface area contributed by atoms with Crippen LogP contribution in [0.3, 0.4) is 0 Å². The van der Waals surface area contributed by atoms with Gasteiger partial charge in [0.05, 0.1) is 0 Å². The fourth-order valence-electron chi connectivity index (χ4n) is 2.70. The molecule has 1 unspecified atom stereocenters. The largest absolute Gasteiger partial charge is 0.508 e. The van der Waals surface area contributed by atoms with Crippen LogP contribution in [0.1, 0.15) is 0 Å². The lowest BCUT2D eigenvalue weighted by Crippen LogP contribution is -2.14. The Morgan fingerprint density at radius 1 is 1.03 bits per heavy atom. The molecule has 13 heteroatoms. The number of aromatic hydroxyl groups is 4. The van der Waals surface area contributed by atoms with E-state index in [1.807, 2.05) is 0 Å². The second-order valence-electron chi connectivity index (χ2n) is 6.05. The minimum Gasteiger partial charge on any atom is -0.508 e. The molecule has 6 N–H and O–H groups in total. The van der Waals surface area contributed by atoms with E-state index < -0.39 is 55.2 Å². The molecule has 0 amide bonds. The molecule has 11 nitrogen and oxygen atoms in total. The molecule has 0 fully saturated rings. The summed E-state index contributed by atoms with van der Waals surface area (Å²) in [6, 6.07) is 5.03. The smallest absolute Gasteiger partial charge is 0.370 e. The summed E-state index contributed by atoms with van der Waals surface area (Å²) < 4.78 is 33.3. The zero-order chi connectivity index (χ0) is 22.8. The molecule has 1 aromatic heterocycles. The lowest BCUT2D eigenvalue weighted by molar-refractivity contribution is 0.205. The molecular weight excluding hydrogens is 457 g/mol. The van der Waals surface area contributed by atoms with Crippen LogP contribution in [-0.2, 0) is 13.6 Å². The second-order valence-corrected chi connectivity index (χ2v) is 8.26. The van der Waals surface area contributed by atoms with Crippen LogP contribution in [0.2, 0.25) is 0 Å². The van der Waals surface area contributed by atoms with E-state index >= 15 is 0 Å². The Labute approximate surface area is 179 Å². The van der Waals surface area contributed by atoms with Crippen molar-refractivity contribution >= 4 is 30.2 Å². The van der Waals surface area contributed by atoms with E-state index in [-0.39, 0.29) is 28.0 Å². The molecule has 3 aromatic rings. The standard InChI is InChI=1S/C18H17ClNO10P/c19-6-28-31(26,29-7-20)8-27-18-16(25)15-13(24)4-10(21)5-14(15)30-17(18)9-1-2-11(22)12(23)3-9/h1-5,21-24H,6-8,20H2. The molecule has 1 heterocycles. The SMILES string of the molecule is NCOP(=O)(COc1c(-c2ccc(O)c(O)c2)oc2cc(O)cc(O)c2c1=O)OCCl. The lowest BCUT2D eigenvalue weighted by atomic mass is 10.1. The van der Waals surface area contributed by atoms with Crippen molar-refractivity contribution in [3.8, 4) is 40.1 Å². The van der Waals surface area contributed by atoms with Crippen molar-refractivity contribution in [2.24, 2.45) is 5.73 Å². The fraction of sp³-hybridized carbons (Fsp3) is 0.167. The van der Waals surface area contributed by atoms with Crippen LogP contribution in [0.15, 0.2) is 39.5 Å². The van der Waals surface area contributed by atoms with E-state index in [2.05, 4.69) is 0 Å². The van der Waals surface area contributed by atoms with Gasteiger partial charge in [0.1, 0.15) is 35.3 Å². The Balaban J connectivity index is 2.21. The normalized spacial score (nSPS) is 13.2. The quantitative estimate of drug-likeness (QED) is 0.140. The maximum Gasteiger partial charge on any atom is 0.370 e. The zero-order valence-electron chi connectivity index (χ0n) is 15.6. The summed E-state index contributed by atoms with van der Waals surface area (Å²) in [7, 11) is -3.97. The topological polar surface area (TPSA) is 182 Å². The van der Waals surface area contributed by atoms with Crippen molar-refractivity contribution in [2.75, 3.05) is 19.1 Å². The van der Waals surface area contributed by atoms with Crippen LogP contribution in [-0.4, -0.2) is 39.6 Å². The third-order valence-electron chi connectivity index (χ3n) is 4.04. The van der Waals surface area contributed by atoms with E-state index in [1.54, 1.807) is 0 Å².